The van der Waals surface area contributed by atoms with Gasteiger partial charge in [0.25, 0.3) is 5.91 Å². The number of amides is 2. The Labute approximate surface area is 219 Å². The first-order valence-corrected chi connectivity index (χ1v) is 13.3. The van der Waals surface area contributed by atoms with Crippen LogP contribution < -0.4 is 4.74 Å². The van der Waals surface area contributed by atoms with E-state index in [4.69, 9.17) is 16.3 Å². The van der Waals surface area contributed by atoms with Gasteiger partial charge in [0.2, 0.25) is 5.91 Å². The van der Waals surface area contributed by atoms with Crippen LogP contribution in [0.3, 0.4) is 0 Å². The number of hydrogen-bond acceptors (Lipinski definition) is 5. The maximum Gasteiger partial charge on any atom is 0.272 e. The van der Waals surface area contributed by atoms with Crippen LogP contribution in [0.4, 0.5) is 0 Å². The number of rotatable bonds is 7. The van der Waals surface area contributed by atoms with Crippen LogP contribution in [0.2, 0.25) is 5.02 Å². The fraction of sp³-hybridized carbons (Fsp3) is 0.593. The highest BCUT2D eigenvalue weighted by Crippen LogP contribution is 2.28. The number of aryl methyl sites for hydroxylation is 1. The quantitative estimate of drug-likeness (QED) is 0.565. The molecule has 2 aliphatic rings. The topological polar surface area (TPSA) is 70.9 Å². The molecule has 0 bridgehead atoms. The van der Waals surface area contributed by atoms with Crippen molar-refractivity contribution in [2.45, 2.75) is 39.2 Å². The lowest BCUT2D eigenvalue weighted by Crippen LogP contribution is -2.51. The lowest BCUT2D eigenvalue weighted by Gasteiger charge is -2.39. The summed E-state index contributed by atoms with van der Waals surface area (Å²) < 4.78 is 8.02. The van der Waals surface area contributed by atoms with Crippen molar-refractivity contribution in [1.82, 2.24) is 24.5 Å². The van der Waals surface area contributed by atoms with Gasteiger partial charge in [-0.05, 0) is 49.7 Å². The normalized spacial score (nSPS) is 21.2. The average molecular weight is 516 g/mol. The third-order valence-corrected chi connectivity index (χ3v) is 7.36. The van der Waals surface area contributed by atoms with E-state index in [0.29, 0.717) is 42.6 Å². The summed E-state index contributed by atoms with van der Waals surface area (Å²) in [6, 6.07) is 9.22. The molecule has 0 radical (unpaired) electrons. The number of halogens is 1. The summed E-state index contributed by atoms with van der Waals surface area (Å²) >= 11 is 6.04. The molecule has 196 valence electrons. The van der Waals surface area contributed by atoms with Crippen LogP contribution in [0, 0.1) is 11.8 Å². The van der Waals surface area contributed by atoms with Crippen molar-refractivity contribution < 1.29 is 14.3 Å². The number of nitrogens with zero attached hydrogens (tertiary/aromatic N) is 5. The summed E-state index contributed by atoms with van der Waals surface area (Å²) in [7, 11) is 3.90. The summed E-state index contributed by atoms with van der Waals surface area (Å²) in [5.41, 5.74) is 1.52. The van der Waals surface area contributed by atoms with Gasteiger partial charge < -0.3 is 19.4 Å². The Balaban J connectivity index is 1.49. The van der Waals surface area contributed by atoms with E-state index in [2.05, 4.69) is 30.9 Å². The van der Waals surface area contributed by atoms with Crippen molar-refractivity contribution in [2.75, 3.05) is 46.3 Å². The largest absolute Gasteiger partial charge is 0.490 e. The monoisotopic (exact) mass is 515 g/mol. The molecule has 0 aliphatic carbocycles. The van der Waals surface area contributed by atoms with Crippen LogP contribution in [-0.4, -0.2) is 88.7 Å². The van der Waals surface area contributed by atoms with Gasteiger partial charge in [-0.3, -0.25) is 14.3 Å². The Morgan fingerprint density at radius 1 is 1.06 bits per heavy atom. The van der Waals surface area contributed by atoms with Crippen molar-refractivity contribution in [3.63, 3.8) is 0 Å². The molecule has 0 saturated carbocycles. The van der Waals surface area contributed by atoms with Crippen LogP contribution >= 0.6 is 11.6 Å². The van der Waals surface area contributed by atoms with E-state index in [1.54, 1.807) is 16.8 Å². The maximum atomic E-state index is 13.5. The molecule has 2 fully saturated rings. The first-order chi connectivity index (χ1) is 17.2. The highest BCUT2D eigenvalue weighted by molar-refractivity contribution is 6.30. The van der Waals surface area contributed by atoms with Gasteiger partial charge in [-0.2, -0.15) is 5.10 Å². The zero-order valence-corrected chi connectivity index (χ0v) is 22.6. The number of ether oxygens (including phenoxy) is 1. The van der Waals surface area contributed by atoms with Gasteiger partial charge in [-0.15, -0.1) is 0 Å². The molecule has 3 heterocycles. The van der Waals surface area contributed by atoms with Gasteiger partial charge in [0.05, 0.1) is 5.69 Å². The number of hydrogen-bond donors (Lipinski definition) is 0. The van der Waals surface area contributed by atoms with Crippen LogP contribution in [0.15, 0.2) is 30.3 Å². The maximum absolute atomic E-state index is 13.5. The first kappa shape index (κ1) is 26.5. The summed E-state index contributed by atoms with van der Waals surface area (Å²) in [6.45, 7) is 8.56. The molecule has 36 heavy (non-hydrogen) atoms. The molecule has 9 heteroatoms. The summed E-state index contributed by atoms with van der Waals surface area (Å²) in [6.07, 6.45) is 1.69. The van der Waals surface area contributed by atoms with Gasteiger partial charge in [0.1, 0.15) is 17.5 Å². The molecular formula is C27H38ClN5O3. The zero-order valence-electron chi connectivity index (χ0n) is 21.8. The fourth-order valence-electron chi connectivity index (χ4n) is 5.05. The predicted octanol–water partition coefficient (Wildman–Crippen LogP) is 3.35. The van der Waals surface area contributed by atoms with E-state index in [1.165, 1.54) is 0 Å². The predicted molar refractivity (Wildman–Crippen MR) is 140 cm³/mol. The van der Waals surface area contributed by atoms with Crippen LogP contribution in [0.25, 0.3) is 0 Å². The molecule has 2 atom stereocenters. The molecule has 8 nitrogen and oxygen atoms in total. The number of piperidine rings is 1. The van der Waals surface area contributed by atoms with Gasteiger partial charge in [-0.1, -0.05) is 25.4 Å². The van der Waals surface area contributed by atoms with Crippen molar-refractivity contribution in [3.05, 3.63) is 46.7 Å². The first-order valence-electron chi connectivity index (χ1n) is 12.9. The van der Waals surface area contributed by atoms with E-state index in [9.17, 15) is 9.59 Å². The van der Waals surface area contributed by atoms with Crippen molar-refractivity contribution in [3.8, 4) is 5.75 Å². The second-order valence-corrected chi connectivity index (χ2v) is 11.0. The van der Waals surface area contributed by atoms with Gasteiger partial charge >= 0.3 is 0 Å². The highest BCUT2D eigenvalue weighted by atomic mass is 35.5. The minimum absolute atomic E-state index is 0.0398. The Morgan fingerprint density at radius 3 is 2.42 bits per heavy atom. The number of carbonyl (C=O) groups is 2. The zero-order chi connectivity index (χ0) is 25.8. The smallest absolute Gasteiger partial charge is 0.272 e. The second kappa shape index (κ2) is 11.6. The van der Waals surface area contributed by atoms with E-state index in [1.807, 2.05) is 35.0 Å². The van der Waals surface area contributed by atoms with E-state index in [0.717, 1.165) is 44.0 Å². The molecular weight excluding hydrogens is 478 g/mol. The summed E-state index contributed by atoms with van der Waals surface area (Å²) in [5.74, 6) is 1.18. The average Bonchev–Trinajstić information content (AvgIpc) is 3.20. The third-order valence-electron chi connectivity index (χ3n) is 7.11. The van der Waals surface area contributed by atoms with Crippen molar-refractivity contribution in [2.24, 2.45) is 18.9 Å². The van der Waals surface area contributed by atoms with Crippen molar-refractivity contribution in [1.29, 1.82) is 0 Å². The minimum Gasteiger partial charge on any atom is -0.490 e. The van der Waals surface area contributed by atoms with Gasteiger partial charge in [-0.25, -0.2) is 0 Å². The second-order valence-electron chi connectivity index (χ2n) is 10.5. The van der Waals surface area contributed by atoms with E-state index in [-0.39, 0.29) is 23.8 Å². The molecule has 1 aromatic carbocycles. The number of aromatic nitrogens is 2. The van der Waals surface area contributed by atoms with Crippen LogP contribution in [-0.2, 0) is 18.3 Å². The van der Waals surface area contributed by atoms with Gasteiger partial charge in [0.15, 0.2) is 0 Å². The molecule has 2 aliphatic heterocycles. The Hall–Kier alpha value is -2.58. The SMILES string of the molecule is CC(C)Cc1cc(C(=O)N2CC[C@H](Oc3ccc(Cl)cc3)[C@@H](CC(=O)N3CCN(C)CC3)C2)n(C)n1. The molecule has 4 rings (SSSR count). The lowest BCUT2D eigenvalue weighted by atomic mass is 9.90. The molecule has 2 saturated heterocycles. The Kier molecular flexibility index (Phi) is 8.57. The van der Waals surface area contributed by atoms with Gasteiger partial charge in [0, 0.05) is 70.1 Å². The molecule has 2 aromatic rings. The molecule has 1 aromatic heterocycles. The minimum atomic E-state index is -0.158. The number of likely N-dealkylation sites (N-methyl/N-ethyl adjacent to an activating group) is 1. The van der Waals surface area contributed by atoms with Crippen LogP contribution in [0.5, 0.6) is 5.75 Å². The number of piperazine rings is 1. The molecule has 0 unspecified atom stereocenters. The molecule has 0 spiro atoms. The van der Waals surface area contributed by atoms with E-state index >= 15 is 0 Å². The fourth-order valence-corrected chi connectivity index (χ4v) is 5.18. The summed E-state index contributed by atoms with van der Waals surface area (Å²) in [5, 5.41) is 5.20. The third kappa shape index (κ3) is 6.59. The Bertz CT molecular complexity index is 1050. The number of benzene rings is 1. The molecule has 0 N–H and O–H groups in total. The van der Waals surface area contributed by atoms with E-state index < -0.39 is 0 Å². The summed E-state index contributed by atoms with van der Waals surface area (Å²) in [4.78, 5) is 32.8. The highest BCUT2D eigenvalue weighted by Gasteiger charge is 2.36. The van der Waals surface area contributed by atoms with Crippen molar-refractivity contribution >= 4 is 23.4 Å². The number of likely N-dealkylation sites (tertiary alicyclic amines) is 1. The Morgan fingerprint density at radius 2 is 1.75 bits per heavy atom. The number of carbonyl (C=O) groups excluding carboxylic acids is 2. The van der Waals surface area contributed by atoms with Crippen LogP contribution in [0.1, 0.15) is 42.9 Å². The molecule has 2 amide bonds. The standard InChI is InChI=1S/C27H38ClN5O3/c1-19(2)15-22-17-24(31(4)29-22)27(35)33-10-9-25(36-23-7-5-21(28)6-8-23)20(18-33)16-26(34)32-13-11-30(3)12-14-32/h5-8,17,19-20,25H,9-16,18H2,1-4H3/t20-,25-/m0/s1. The lowest BCUT2D eigenvalue weighted by molar-refractivity contribution is -0.135.